The number of carbonyl (C=O) groups is 1. The molecule has 0 spiro atoms. The highest BCUT2D eigenvalue weighted by molar-refractivity contribution is 7.99. The minimum Gasteiger partial charge on any atom is -0.390 e. The lowest BCUT2D eigenvalue weighted by Gasteiger charge is -2.31. The molecule has 0 saturated carbocycles. The molecule has 1 fully saturated rings. The van der Waals surface area contributed by atoms with Crippen LogP contribution in [0.4, 0.5) is 0 Å². The monoisotopic (exact) mass is 336 g/mol. The summed E-state index contributed by atoms with van der Waals surface area (Å²) < 4.78 is 0. The normalized spacial score (nSPS) is 17.9. The van der Waals surface area contributed by atoms with Gasteiger partial charge in [-0.3, -0.25) is 4.79 Å². The Hall–Kier alpha value is -1.04. The standard InChI is InChI=1S/C18H28N2O2S/c1-3-23-17-6-4-5-15(11-17)18(22)19-12-16(21)13-20-9-7-14(2)8-10-20/h4-6,11,14,16,21H,3,7-10,12-13H2,1-2H3,(H,19,22). The van der Waals surface area contributed by atoms with E-state index in [1.807, 2.05) is 24.3 Å². The average Bonchev–Trinajstić information content (AvgIpc) is 2.55. The molecule has 5 heteroatoms. The van der Waals surface area contributed by atoms with Gasteiger partial charge in [-0.2, -0.15) is 0 Å². The summed E-state index contributed by atoms with van der Waals surface area (Å²) in [4.78, 5) is 15.6. The number of amides is 1. The highest BCUT2D eigenvalue weighted by Crippen LogP contribution is 2.18. The van der Waals surface area contributed by atoms with Crippen LogP contribution in [0.25, 0.3) is 0 Å². The molecule has 1 amide bonds. The number of piperidine rings is 1. The van der Waals surface area contributed by atoms with Gasteiger partial charge in [-0.15, -0.1) is 11.8 Å². The number of rotatable bonds is 7. The lowest BCUT2D eigenvalue weighted by atomic mass is 9.99. The first-order chi connectivity index (χ1) is 11.1. The van der Waals surface area contributed by atoms with Crippen LogP contribution in [-0.2, 0) is 0 Å². The van der Waals surface area contributed by atoms with Crippen LogP contribution in [0, 0.1) is 5.92 Å². The first-order valence-corrected chi connectivity index (χ1v) is 9.48. The van der Waals surface area contributed by atoms with Crippen molar-refractivity contribution in [1.82, 2.24) is 10.2 Å². The third-order valence-corrected chi connectivity index (χ3v) is 5.13. The molecule has 1 heterocycles. The molecular weight excluding hydrogens is 308 g/mol. The fraction of sp³-hybridized carbons (Fsp3) is 0.611. The second-order valence-corrected chi connectivity index (χ2v) is 7.65. The number of likely N-dealkylation sites (tertiary alicyclic amines) is 1. The van der Waals surface area contributed by atoms with Crippen molar-refractivity contribution in [3.63, 3.8) is 0 Å². The predicted molar refractivity (Wildman–Crippen MR) is 96.0 cm³/mol. The van der Waals surface area contributed by atoms with Gasteiger partial charge in [0.2, 0.25) is 0 Å². The van der Waals surface area contributed by atoms with E-state index in [0.717, 1.165) is 29.7 Å². The van der Waals surface area contributed by atoms with E-state index in [2.05, 4.69) is 24.1 Å². The molecule has 0 bridgehead atoms. The number of thioether (sulfide) groups is 1. The Morgan fingerprint density at radius 2 is 2.17 bits per heavy atom. The molecule has 0 aromatic heterocycles. The predicted octanol–water partition coefficient (Wildman–Crippen LogP) is 2.62. The number of carbonyl (C=O) groups excluding carboxylic acids is 1. The summed E-state index contributed by atoms with van der Waals surface area (Å²) in [5.74, 6) is 1.66. The van der Waals surface area contributed by atoms with Crippen LogP contribution in [0.5, 0.6) is 0 Å². The van der Waals surface area contributed by atoms with Crippen molar-refractivity contribution < 1.29 is 9.90 Å². The molecule has 1 unspecified atom stereocenters. The van der Waals surface area contributed by atoms with E-state index >= 15 is 0 Å². The van der Waals surface area contributed by atoms with Crippen LogP contribution in [0.1, 0.15) is 37.0 Å². The van der Waals surface area contributed by atoms with Crippen molar-refractivity contribution in [2.45, 2.75) is 37.7 Å². The maximum Gasteiger partial charge on any atom is 0.251 e. The van der Waals surface area contributed by atoms with Gasteiger partial charge in [0.15, 0.2) is 0 Å². The summed E-state index contributed by atoms with van der Waals surface area (Å²) in [6, 6.07) is 7.63. The summed E-state index contributed by atoms with van der Waals surface area (Å²) in [5.41, 5.74) is 0.655. The zero-order chi connectivity index (χ0) is 16.7. The molecular formula is C18H28N2O2S. The summed E-state index contributed by atoms with van der Waals surface area (Å²) in [7, 11) is 0. The van der Waals surface area contributed by atoms with E-state index in [1.54, 1.807) is 11.8 Å². The fourth-order valence-electron chi connectivity index (χ4n) is 2.81. The number of benzene rings is 1. The third kappa shape index (κ3) is 6.16. The topological polar surface area (TPSA) is 52.6 Å². The first kappa shape index (κ1) is 18.3. The zero-order valence-electron chi connectivity index (χ0n) is 14.1. The van der Waals surface area contributed by atoms with E-state index in [0.29, 0.717) is 18.7 Å². The Kier molecular flexibility index (Phi) is 7.40. The first-order valence-electron chi connectivity index (χ1n) is 8.50. The molecule has 2 N–H and O–H groups in total. The van der Waals surface area contributed by atoms with Crippen molar-refractivity contribution >= 4 is 17.7 Å². The summed E-state index contributed by atoms with van der Waals surface area (Å²) in [6.07, 6.45) is 1.88. The van der Waals surface area contributed by atoms with Crippen LogP contribution < -0.4 is 5.32 Å². The summed E-state index contributed by atoms with van der Waals surface area (Å²) in [6.45, 7) is 7.40. The molecule has 1 atom stereocenters. The second-order valence-electron chi connectivity index (χ2n) is 6.31. The van der Waals surface area contributed by atoms with Crippen LogP contribution >= 0.6 is 11.8 Å². The number of β-amino-alcohol motifs (C(OH)–C–C–N with tert-alkyl or cyclic N) is 1. The zero-order valence-corrected chi connectivity index (χ0v) is 14.9. The molecule has 1 aromatic rings. The smallest absolute Gasteiger partial charge is 0.251 e. The lowest BCUT2D eigenvalue weighted by Crippen LogP contribution is -2.43. The van der Waals surface area contributed by atoms with Gasteiger partial charge in [-0.25, -0.2) is 0 Å². The van der Waals surface area contributed by atoms with E-state index in [-0.39, 0.29) is 5.91 Å². The van der Waals surface area contributed by atoms with Crippen LogP contribution in [0.2, 0.25) is 0 Å². The Morgan fingerprint density at radius 1 is 1.43 bits per heavy atom. The highest BCUT2D eigenvalue weighted by atomic mass is 32.2. The van der Waals surface area contributed by atoms with Crippen LogP contribution in [-0.4, -0.2) is 53.9 Å². The Labute approximate surface area is 143 Å². The van der Waals surface area contributed by atoms with Gasteiger partial charge in [-0.05, 0) is 55.8 Å². The molecule has 128 valence electrons. The van der Waals surface area contributed by atoms with Crippen molar-refractivity contribution in [3.05, 3.63) is 29.8 Å². The molecule has 1 aromatic carbocycles. The van der Waals surface area contributed by atoms with Crippen molar-refractivity contribution in [2.24, 2.45) is 5.92 Å². The van der Waals surface area contributed by atoms with Crippen molar-refractivity contribution in [2.75, 3.05) is 31.9 Å². The molecule has 0 aliphatic carbocycles. The van der Waals surface area contributed by atoms with Gasteiger partial charge < -0.3 is 15.3 Å². The van der Waals surface area contributed by atoms with Gasteiger partial charge in [-0.1, -0.05) is 19.9 Å². The quantitative estimate of drug-likeness (QED) is 0.752. The number of aliphatic hydroxyl groups is 1. The molecule has 2 rings (SSSR count). The Morgan fingerprint density at radius 3 is 2.87 bits per heavy atom. The number of aliphatic hydroxyl groups excluding tert-OH is 1. The van der Waals surface area contributed by atoms with E-state index in [9.17, 15) is 9.90 Å². The van der Waals surface area contributed by atoms with Gasteiger partial charge in [0.05, 0.1) is 6.10 Å². The fourth-order valence-corrected chi connectivity index (χ4v) is 3.53. The molecule has 1 aliphatic heterocycles. The number of hydrogen-bond donors (Lipinski definition) is 2. The largest absolute Gasteiger partial charge is 0.390 e. The molecule has 1 aliphatic rings. The molecule has 4 nitrogen and oxygen atoms in total. The maximum atomic E-state index is 12.2. The number of nitrogens with one attached hydrogen (secondary N) is 1. The molecule has 23 heavy (non-hydrogen) atoms. The lowest BCUT2D eigenvalue weighted by molar-refractivity contribution is 0.0795. The van der Waals surface area contributed by atoms with Gasteiger partial charge in [0.25, 0.3) is 5.91 Å². The molecule has 1 saturated heterocycles. The maximum absolute atomic E-state index is 12.2. The minimum absolute atomic E-state index is 0.116. The SMILES string of the molecule is CCSc1cccc(C(=O)NCC(O)CN2CCC(C)CC2)c1. The minimum atomic E-state index is -0.513. The Balaban J connectivity index is 1.76. The van der Waals surface area contributed by atoms with Gasteiger partial charge in [0.1, 0.15) is 0 Å². The highest BCUT2D eigenvalue weighted by Gasteiger charge is 2.18. The Bertz CT molecular complexity index is 502. The number of nitrogens with zero attached hydrogens (tertiary/aromatic N) is 1. The van der Waals surface area contributed by atoms with Crippen molar-refractivity contribution in [3.8, 4) is 0 Å². The van der Waals surface area contributed by atoms with E-state index < -0.39 is 6.10 Å². The summed E-state index contributed by atoms with van der Waals surface area (Å²) >= 11 is 1.72. The van der Waals surface area contributed by atoms with E-state index in [4.69, 9.17) is 0 Å². The van der Waals surface area contributed by atoms with Gasteiger partial charge in [0, 0.05) is 23.5 Å². The van der Waals surface area contributed by atoms with Crippen LogP contribution in [0.15, 0.2) is 29.2 Å². The second kappa shape index (κ2) is 9.30. The van der Waals surface area contributed by atoms with Crippen molar-refractivity contribution in [1.29, 1.82) is 0 Å². The molecule has 0 radical (unpaired) electrons. The van der Waals surface area contributed by atoms with Crippen LogP contribution in [0.3, 0.4) is 0 Å². The average molecular weight is 337 g/mol. The summed E-state index contributed by atoms with van der Waals surface area (Å²) in [5, 5.41) is 13.0. The van der Waals surface area contributed by atoms with E-state index in [1.165, 1.54) is 12.8 Å². The third-order valence-electron chi connectivity index (χ3n) is 4.25. The van der Waals surface area contributed by atoms with Gasteiger partial charge >= 0.3 is 0 Å². The number of hydrogen-bond acceptors (Lipinski definition) is 4.